The van der Waals surface area contributed by atoms with Gasteiger partial charge in [-0.25, -0.2) is 0 Å². The van der Waals surface area contributed by atoms with Crippen molar-refractivity contribution in [2.45, 2.75) is 0 Å². The number of hydrogen-bond acceptors (Lipinski definition) is 1. The molecule has 0 N–H and O–H groups in total. The largest absolute Gasteiger partial charge is 0.456 e. The molecule has 1 nitrogen and oxygen atoms in total. The van der Waals surface area contributed by atoms with Crippen molar-refractivity contribution in [2.75, 3.05) is 0 Å². The molecule has 0 saturated heterocycles. The van der Waals surface area contributed by atoms with Gasteiger partial charge in [0.1, 0.15) is 19.0 Å². The third-order valence-corrected chi connectivity index (χ3v) is 5.53. The summed E-state index contributed by atoms with van der Waals surface area (Å²) < 4.78 is 6.14. The zero-order valence-electron chi connectivity index (χ0n) is 15.1. The molecule has 2 heteroatoms. The molecule has 1 heterocycles. The van der Waals surface area contributed by atoms with Crippen LogP contribution in [0.1, 0.15) is 0 Å². The second-order valence-corrected chi connectivity index (χ2v) is 7.30. The standard InChI is InChI=1S/C26H15BO/c27-20-11-18-7-3-4-8-21(18)22(15-20)19-9-10-25-23(13-19)24-12-16-5-1-2-6-17(16)14-26(24)28-25/h1-15H. The van der Waals surface area contributed by atoms with E-state index in [1.165, 1.54) is 16.2 Å². The van der Waals surface area contributed by atoms with Gasteiger partial charge in [-0.15, -0.1) is 0 Å². The molecule has 0 spiro atoms. The highest BCUT2D eigenvalue weighted by molar-refractivity contribution is 6.34. The summed E-state index contributed by atoms with van der Waals surface area (Å²) in [6.45, 7) is 0. The van der Waals surface area contributed by atoms with E-state index in [9.17, 15) is 0 Å². The van der Waals surface area contributed by atoms with Crippen LogP contribution >= 0.6 is 0 Å². The van der Waals surface area contributed by atoms with Crippen molar-refractivity contribution in [1.82, 2.24) is 0 Å². The predicted octanol–water partition coefficient (Wildman–Crippen LogP) is 6.35. The van der Waals surface area contributed by atoms with Gasteiger partial charge in [0.05, 0.1) is 0 Å². The second kappa shape index (κ2) is 5.74. The molecule has 0 aliphatic carbocycles. The first-order chi connectivity index (χ1) is 13.8. The minimum absolute atomic E-state index is 0.775. The molecule has 0 unspecified atom stereocenters. The maximum atomic E-state index is 6.19. The second-order valence-electron chi connectivity index (χ2n) is 7.30. The van der Waals surface area contributed by atoms with Crippen molar-refractivity contribution in [3.05, 3.63) is 91.0 Å². The third-order valence-electron chi connectivity index (χ3n) is 5.53. The number of hydrogen-bond donors (Lipinski definition) is 0. The monoisotopic (exact) mass is 354 g/mol. The van der Waals surface area contributed by atoms with Crippen molar-refractivity contribution < 1.29 is 4.42 Å². The Hall–Kier alpha value is -3.52. The van der Waals surface area contributed by atoms with Crippen LogP contribution in [0.2, 0.25) is 0 Å². The highest BCUT2D eigenvalue weighted by Gasteiger charge is 2.11. The van der Waals surface area contributed by atoms with Gasteiger partial charge in [-0.3, -0.25) is 0 Å². The number of fused-ring (bicyclic) bond motifs is 5. The summed E-state index contributed by atoms with van der Waals surface area (Å²) in [4.78, 5) is 0. The van der Waals surface area contributed by atoms with E-state index >= 15 is 0 Å². The van der Waals surface area contributed by atoms with Crippen LogP contribution in [-0.4, -0.2) is 7.85 Å². The third kappa shape index (κ3) is 2.28. The lowest BCUT2D eigenvalue weighted by Crippen LogP contribution is -2.02. The fourth-order valence-corrected chi connectivity index (χ4v) is 4.20. The predicted molar refractivity (Wildman–Crippen MR) is 120 cm³/mol. The lowest BCUT2D eigenvalue weighted by Gasteiger charge is -2.09. The molecule has 0 aliphatic heterocycles. The average molecular weight is 354 g/mol. The molecular formula is C26H15BO. The van der Waals surface area contributed by atoms with Crippen LogP contribution < -0.4 is 5.46 Å². The summed E-state index contributed by atoms with van der Waals surface area (Å²) in [7, 11) is 6.19. The number of rotatable bonds is 1. The van der Waals surface area contributed by atoms with Gasteiger partial charge in [0.25, 0.3) is 0 Å². The molecule has 2 radical (unpaired) electrons. The topological polar surface area (TPSA) is 13.1 Å². The molecular weight excluding hydrogens is 339 g/mol. The van der Waals surface area contributed by atoms with Crippen molar-refractivity contribution in [3.8, 4) is 11.1 Å². The molecule has 0 atom stereocenters. The van der Waals surface area contributed by atoms with Crippen LogP contribution in [0.25, 0.3) is 54.6 Å². The van der Waals surface area contributed by atoms with Gasteiger partial charge < -0.3 is 4.42 Å². The summed E-state index contributed by atoms with van der Waals surface area (Å²) >= 11 is 0. The molecule has 0 saturated carbocycles. The van der Waals surface area contributed by atoms with Crippen molar-refractivity contribution in [2.24, 2.45) is 0 Å². The van der Waals surface area contributed by atoms with E-state index < -0.39 is 0 Å². The van der Waals surface area contributed by atoms with Crippen LogP contribution in [0, 0.1) is 0 Å². The van der Waals surface area contributed by atoms with E-state index in [-0.39, 0.29) is 0 Å². The van der Waals surface area contributed by atoms with Crippen LogP contribution in [0.15, 0.2) is 95.4 Å². The normalized spacial score (nSPS) is 11.7. The van der Waals surface area contributed by atoms with Crippen LogP contribution in [-0.2, 0) is 0 Å². The quantitative estimate of drug-likeness (QED) is 0.314. The number of benzene rings is 5. The molecule has 1 aromatic heterocycles. The van der Waals surface area contributed by atoms with Gasteiger partial charge >= 0.3 is 0 Å². The molecule has 6 rings (SSSR count). The Bertz CT molecular complexity index is 1520. The SMILES string of the molecule is [B]c1cc(-c2ccc3oc4cc5ccccc5cc4c3c2)c2ccccc2c1. The first kappa shape index (κ1) is 15.5. The molecule has 0 aliphatic rings. The van der Waals surface area contributed by atoms with Gasteiger partial charge in [-0.1, -0.05) is 72.2 Å². The minimum atomic E-state index is 0.775. The highest BCUT2D eigenvalue weighted by atomic mass is 16.3. The summed E-state index contributed by atoms with van der Waals surface area (Å²) in [5, 5.41) is 7.04. The van der Waals surface area contributed by atoms with E-state index in [4.69, 9.17) is 12.3 Å². The van der Waals surface area contributed by atoms with E-state index in [1.54, 1.807) is 0 Å². The summed E-state index contributed by atoms with van der Waals surface area (Å²) in [6, 6.07) is 31.6. The zero-order valence-corrected chi connectivity index (χ0v) is 15.1. The van der Waals surface area contributed by atoms with Crippen molar-refractivity contribution in [1.29, 1.82) is 0 Å². The van der Waals surface area contributed by atoms with Gasteiger partial charge in [0.15, 0.2) is 0 Å². The first-order valence-corrected chi connectivity index (χ1v) is 9.40. The fourth-order valence-electron chi connectivity index (χ4n) is 4.20. The highest BCUT2D eigenvalue weighted by Crippen LogP contribution is 2.36. The average Bonchev–Trinajstić information content (AvgIpc) is 3.08. The first-order valence-electron chi connectivity index (χ1n) is 9.40. The lowest BCUT2D eigenvalue weighted by atomic mass is 9.88. The zero-order chi connectivity index (χ0) is 18.7. The Kier molecular flexibility index (Phi) is 3.18. The summed E-state index contributed by atoms with van der Waals surface area (Å²) in [6.07, 6.45) is 0. The lowest BCUT2D eigenvalue weighted by molar-refractivity contribution is 0.669. The van der Waals surface area contributed by atoms with Crippen LogP contribution in [0.4, 0.5) is 0 Å². The van der Waals surface area contributed by atoms with Gasteiger partial charge in [-0.05, 0) is 56.9 Å². The summed E-state index contributed by atoms with van der Waals surface area (Å²) in [5.74, 6) is 0. The van der Waals surface area contributed by atoms with Crippen LogP contribution in [0.5, 0.6) is 0 Å². The molecule has 0 fully saturated rings. The maximum absolute atomic E-state index is 6.19. The van der Waals surface area contributed by atoms with Crippen molar-refractivity contribution >= 4 is 56.8 Å². The van der Waals surface area contributed by atoms with Crippen molar-refractivity contribution in [3.63, 3.8) is 0 Å². The molecule has 128 valence electrons. The summed E-state index contributed by atoms with van der Waals surface area (Å²) in [5.41, 5.74) is 4.89. The Morgan fingerprint density at radius 2 is 1.25 bits per heavy atom. The van der Waals surface area contributed by atoms with Gasteiger partial charge in [-0.2, -0.15) is 0 Å². The van der Waals surface area contributed by atoms with E-state index in [0.29, 0.717) is 0 Å². The van der Waals surface area contributed by atoms with Crippen LogP contribution in [0.3, 0.4) is 0 Å². The molecule has 0 bridgehead atoms. The molecule has 28 heavy (non-hydrogen) atoms. The van der Waals surface area contributed by atoms with E-state index in [2.05, 4.69) is 78.9 Å². The van der Waals surface area contributed by atoms with E-state index in [0.717, 1.165) is 43.9 Å². The molecule has 5 aromatic carbocycles. The fraction of sp³-hybridized carbons (Fsp3) is 0. The van der Waals surface area contributed by atoms with Gasteiger partial charge in [0, 0.05) is 10.8 Å². The van der Waals surface area contributed by atoms with Gasteiger partial charge in [0.2, 0.25) is 0 Å². The number of furan rings is 1. The minimum Gasteiger partial charge on any atom is -0.456 e. The smallest absolute Gasteiger partial charge is 0.136 e. The Balaban J connectivity index is 1.67. The Morgan fingerprint density at radius 3 is 2.11 bits per heavy atom. The molecule has 0 amide bonds. The maximum Gasteiger partial charge on any atom is 0.136 e. The van der Waals surface area contributed by atoms with E-state index in [1.807, 2.05) is 12.1 Å². The molecule has 6 aromatic rings. The Labute approximate surface area is 163 Å². The Morgan fingerprint density at radius 1 is 0.536 bits per heavy atom.